The van der Waals surface area contributed by atoms with Gasteiger partial charge in [-0.1, -0.05) is 48.0 Å². The minimum Gasteiger partial charge on any atom is -0.334 e. The van der Waals surface area contributed by atoms with Gasteiger partial charge in [0.05, 0.1) is 10.6 Å². The van der Waals surface area contributed by atoms with Crippen LogP contribution in [0.1, 0.15) is 16.7 Å². The summed E-state index contributed by atoms with van der Waals surface area (Å²) in [7, 11) is -3.64. The first-order chi connectivity index (χ1) is 14.2. The summed E-state index contributed by atoms with van der Waals surface area (Å²) in [5, 5.41) is 5.67. The van der Waals surface area contributed by atoms with E-state index in [1.807, 2.05) is 0 Å². The van der Waals surface area contributed by atoms with Crippen molar-refractivity contribution >= 4 is 33.2 Å². The third kappa shape index (κ3) is 5.58. The Balaban J connectivity index is 1.71. The van der Waals surface area contributed by atoms with Crippen molar-refractivity contribution in [2.45, 2.75) is 24.1 Å². The topological polar surface area (TPSA) is 75.3 Å². The Morgan fingerprint density at radius 2 is 1.73 bits per heavy atom. The van der Waals surface area contributed by atoms with Gasteiger partial charge in [0.1, 0.15) is 5.82 Å². The summed E-state index contributed by atoms with van der Waals surface area (Å²) in [5.74, 6) is -0.600. The van der Waals surface area contributed by atoms with E-state index in [0.717, 1.165) is 0 Å². The van der Waals surface area contributed by atoms with Gasteiger partial charge in [0.25, 0.3) is 0 Å². The summed E-state index contributed by atoms with van der Waals surface area (Å²) < 4.78 is 39.4. The molecule has 0 heterocycles. The maximum atomic E-state index is 13.7. The van der Waals surface area contributed by atoms with E-state index >= 15 is 0 Å². The van der Waals surface area contributed by atoms with E-state index in [2.05, 4.69) is 10.6 Å². The average molecular weight is 447 g/mol. The molecule has 3 rings (SSSR count). The molecule has 0 saturated heterocycles. The molecule has 0 fully saturated rings. The number of urea groups is 1. The smallest absolute Gasteiger partial charge is 0.319 e. The molecule has 0 aliphatic carbocycles. The lowest BCUT2D eigenvalue weighted by Crippen LogP contribution is -2.28. The Labute approximate surface area is 179 Å². The van der Waals surface area contributed by atoms with Crippen molar-refractivity contribution in [2.24, 2.45) is 0 Å². The summed E-state index contributed by atoms with van der Waals surface area (Å²) in [6.07, 6.45) is 0. The number of halogens is 2. The fourth-order valence-corrected chi connectivity index (χ4v) is 4.66. The van der Waals surface area contributed by atoms with Crippen molar-refractivity contribution in [3.8, 4) is 0 Å². The normalized spacial score (nSPS) is 11.2. The predicted molar refractivity (Wildman–Crippen MR) is 116 cm³/mol. The van der Waals surface area contributed by atoms with Gasteiger partial charge in [-0.25, -0.2) is 17.6 Å². The van der Waals surface area contributed by atoms with Gasteiger partial charge >= 0.3 is 6.03 Å². The second kappa shape index (κ2) is 9.28. The quantitative estimate of drug-likeness (QED) is 0.554. The van der Waals surface area contributed by atoms with Gasteiger partial charge in [-0.15, -0.1) is 0 Å². The van der Waals surface area contributed by atoms with Crippen LogP contribution in [0.5, 0.6) is 0 Å². The molecule has 0 atom stereocenters. The molecule has 0 bridgehead atoms. The maximum absolute atomic E-state index is 13.7. The number of rotatable bonds is 6. The molecule has 0 saturated carbocycles. The van der Waals surface area contributed by atoms with E-state index in [4.69, 9.17) is 11.6 Å². The molecule has 8 heteroatoms. The van der Waals surface area contributed by atoms with Gasteiger partial charge in [0.15, 0.2) is 9.84 Å². The first-order valence-electron chi connectivity index (χ1n) is 9.11. The minimum absolute atomic E-state index is 0.00604. The Hall–Kier alpha value is -2.90. The van der Waals surface area contributed by atoms with E-state index in [1.54, 1.807) is 61.5 Å². The van der Waals surface area contributed by atoms with Gasteiger partial charge in [0.2, 0.25) is 0 Å². The van der Waals surface area contributed by atoms with E-state index in [0.29, 0.717) is 27.4 Å². The van der Waals surface area contributed by atoms with Crippen molar-refractivity contribution in [3.63, 3.8) is 0 Å². The number of nitrogens with one attached hydrogen (secondary N) is 2. The number of carbonyl (C=O) groups is 1. The molecular weight excluding hydrogens is 427 g/mol. The molecule has 0 aliphatic heterocycles. The zero-order valence-corrected chi connectivity index (χ0v) is 17.7. The Morgan fingerprint density at radius 3 is 2.43 bits per heavy atom. The van der Waals surface area contributed by atoms with Crippen molar-refractivity contribution in [2.75, 3.05) is 5.32 Å². The fraction of sp³-hybridized carbons (Fsp3) is 0.136. The van der Waals surface area contributed by atoms with Gasteiger partial charge in [-0.3, -0.25) is 0 Å². The van der Waals surface area contributed by atoms with E-state index in [9.17, 15) is 17.6 Å². The number of hydrogen-bond acceptors (Lipinski definition) is 3. The van der Waals surface area contributed by atoms with Crippen LogP contribution >= 0.6 is 11.6 Å². The van der Waals surface area contributed by atoms with Crippen LogP contribution in [0.3, 0.4) is 0 Å². The van der Waals surface area contributed by atoms with Crippen molar-refractivity contribution in [3.05, 3.63) is 94.3 Å². The SMILES string of the molecule is Cc1ccc(NC(=O)NCc2ccccc2F)cc1S(=O)(=O)Cc1ccc(Cl)cc1. The monoisotopic (exact) mass is 446 g/mol. The molecular formula is C22H20ClFN2O3S. The third-order valence-electron chi connectivity index (χ3n) is 4.45. The molecule has 3 aromatic carbocycles. The minimum atomic E-state index is -3.64. The number of sulfone groups is 1. The van der Waals surface area contributed by atoms with Crippen LogP contribution in [0.4, 0.5) is 14.9 Å². The largest absolute Gasteiger partial charge is 0.334 e. The van der Waals surface area contributed by atoms with Gasteiger partial charge in [-0.2, -0.15) is 0 Å². The summed E-state index contributed by atoms with van der Waals surface area (Å²) >= 11 is 5.85. The van der Waals surface area contributed by atoms with Crippen LogP contribution in [-0.2, 0) is 22.1 Å². The number of carbonyl (C=O) groups excluding carboxylic acids is 1. The molecule has 0 aromatic heterocycles. The summed E-state index contributed by atoms with van der Waals surface area (Å²) in [4.78, 5) is 12.3. The summed E-state index contributed by atoms with van der Waals surface area (Å²) in [5.41, 5.74) is 1.85. The fourth-order valence-electron chi connectivity index (χ4n) is 2.88. The maximum Gasteiger partial charge on any atom is 0.319 e. The van der Waals surface area contributed by atoms with Crippen molar-refractivity contribution in [1.82, 2.24) is 5.32 Å². The second-order valence-electron chi connectivity index (χ2n) is 6.76. The lowest BCUT2D eigenvalue weighted by Gasteiger charge is -2.12. The van der Waals surface area contributed by atoms with Crippen LogP contribution in [0.2, 0.25) is 5.02 Å². The highest BCUT2D eigenvalue weighted by atomic mass is 35.5. The molecule has 2 N–H and O–H groups in total. The summed E-state index contributed by atoms with van der Waals surface area (Å²) in [6.45, 7) is 1.70. The zero-order valence-electron chi connectivity index (χ0n) is 16.2. The highest BCUT2D eigenvalue weighted by molar-refractivity contribution is 7.90. The van der Waals surface area contributed by atoms with E-state index < -0.39 is 21.7 Å². The Kier molecular flexibility index (Phi) is 6.74. The van der Waals surface area contributed by atoms with Crippen molar-refractivity contribution < 1.29 is 17.6 Å². The molecule has 0 spiro atoms. The van der Waals surface area contributed by atoms with E-state index in [1.165, 1.54) is 12.1 Å². The molecule has 156 valence electrons. The third-order valence-corrected chi connectivity index (χ3v) is 6.52. The van der Waals surface area contributed by atoms with Crippen LogP contribution in [0.25, 0.3) is 0 Å². The molecule has 3 aromatic rings. The molecule has 5 nitrogen and oxygen atoms in total. The Bertz CT molecular complexity index is 1170. The number of aryl methyl sites for hydroxylation is 1. The molecule has 2 amide bonds. The zero-order chi connectivity index (χ0) is 21.7. The van der Waals surface area contributed by atoms with Crippen LogP contribution in [0.15, 0.2) is 71.6 Å². The standard InChI is InChI=1S/C22H20ClFN2O3S/c1-15-6-11-19(26-22(27)25-13-17-4-2-3-5-20(17)24)12-21(15)30(28,29)14-16-7-9-18(23)10-8-16/h2-12H,13-14H2,1H3,(H2,25,26,27). The predicted octanol–water partition coefficient (Wildman–Crippen LogP) is 5.08. The Morgan fingerprint density at radius 1 is 1.03 bits per heavy atom. The lowest BCUT2D eigenvalue weighted by molar-refractivity contribution is 0.251. The average Bonchev–Trinajstić information content (AvgIpc) is 2.70. The van der Waals surface area contributed by atoms with Crippen LogP contribution in [-0.4, -0.2) is 14.4 Å². The molecule has 30 heavy (non-hydrogen) atoms. The van der Waals surface area contributed by atoms with Crippen molar-refractivity contribution in [1.29, 1.82) is 0 Å². The van der Waals surface area contributed by atoms with Gasteiger partial charge in [0, 0.05) is 22.8 Å². The highest BCUT2D eigenvalue weighted by Crippen LogP contribution is 2.24. The van der Waals surface area contributed by atoms with Crippen LogP contribution < -0.4 is 10.6 Å². The number of hydrogen-bond donors (Lipinski definition) is 2. The first kappa shape index (κ1) is 21.8. The first-order valence-corrected chi connectivity index (χ1v) is 11.1. The van der Waals surface area contributed by atoms with Gasteiger partial charge in [-0.05, 0) is 48.4 Å². The van der Waals surface area contributed by atoms with Crippen LogP contribution in [0, 0.1) is 12.7 Å². The lowest BCUT2D eigenvalue weighted by atomic mass is 10.2. The molecule has 0 unspecified atom stereocenters. The number of anilines is 1. The van der Waals surface area contributed by atoms with Gasteiger partial charge < -0.3 is 10.6 Å². The second-order valence-corrected chi connectivity index (χ2v) is 9.16. The van der Waals surface area contributed by atoms with E-state index in [-0.39, 0.29) is 17.2 Å². The molecule has 0 aliphatic rings. The molecule has 0 radical (unpaired) electrons. The number of amides is 2. The highest BCUT2D eigenvalue weighted by Gasteiger charge is 2.19. The number of benzene rings is 3. The summed E-state index contributed by atoms with van der Waals surface area (Å²) in [6, 6.07) is 16.8.